The molecular weight excluding hydrogens is 178 g/mol. The average molecular weight is 199 g/mol. The lowest BCUT2D eigenvalue weighted by atomic mass is 9.89. The number of hydrogen-bond acceptors (Lipinski definition) is 2. The summed E-state index contributed by atoms with van der Waals surface area (Å²) in [6.07, 6.45) is 3.36. The van der Waals surface area contributed by atoms with Crippen LogP contribution in [-0.4, -0.2) is 37.1 Å². The fourth-order valence-corrected chi connectivity index (χ4v) is 2.14. The molecule has 0 aromatic carbocycles. The van der Waals surface area contributed by atoms with Crippen LogP contribution < -0.4 is 11.1 Å². The molecule has 2 amide bonds. The number of likely N-dealkylation sites (tertiary alicyclic amines) is 1. The van der Waals surface area contributed by atoms with Crippen LogP contribution in [0.2, 0.25) is 0 Å². The first-order valence-electron chi connectivity index (χ1n) is 5.41. The second kappa shape index (κ2) is 5.20. The topological polar surface area (TPSA) is 58.4 Å². The first-order valence-corrected chi connectivity index (χ1v) is 5.41. The van der Waals surface area contributed by atoms with Crippen LogP contribution in [0.3, 0.4) is 0 Å². The Balaban J connectivity index is 2.56. The Labute approximate surface area is 85.8 Å². The van der Waals surface area contributed by atoms with Gasteiger partial charge in [0.05, 0.1) is 0 Å². The second-order valence-corrected chi connectivity index (χ2v) is 3.94. The van der Waals surface area contributed by atoms with Gasteiger partial charge in [-0.05, 0) is 18.8 Å². The van der Waals surface area contributed by atoms with Gasteiger partial charge in [-0.15, -0.1) is 0 Å². The van der Waals surface area contributed by atoms with E-state index in [1.807, 2.05) is 4.90 Å². The van der Waals surface area contributed by atoms with E-state index in [2.05, 4.69) is 12.2 Å². The molecule has 1 saturated heterocycles. The lowest BCUT2D eigenvalue weighted by Crippen LogP contribution is -2.52. The molecule has 0 aromatic rings. The highest BCUT2D eigenvalue weighted by atomic mass is 16.2. The smallest absolute Gasteiger partial charge is 0.317 e. The van der Waals surface area contributed by atoms with Gasteiger partial charge in [-0.3, -0.25) is 0 Å². The Kier molecular flexibility index (Phi) is 4.20. The molecular formula is C10H21N3O. The zero-order valence-electron chi connectivity index (χ0n) is 9.12. The highest BCUT2D eigenvalue weighted by Crippen LogP contribution is 2.24. The van der Waals surface area contributed by atoms with Crippen molar-refractivity contribution in [2.75, 3.05) is 20.1 Å². The van der Waals surface area contributed by atoms with E-state index < -0.39 is 0 Å². The molecule has 1 fully saturated rings. The van der Waals surface area contributed by atoms with Gasteiger partial charge in [-0.25, -0.2) is 4.79 Å². The normalized spacial score (nSPS) is 27.5. The third-order valence-corrected chi connectivity index (χ3v) is 3.15. The third-order valence-electron chi connectivity index (χ3n) is 3.15. The molecule has 1 aliphatic rings. The van der Waals surface area contributed by atoms with Crippen LogP contribution in [0.4, 0.5) is 4.79 Å². The van der Waals surface area contributed by atoms with E-state index in [4.69, 9.17) is 5.73 Å². The molecule has 3 N–H and O–H groups in total. The Bertz CT molecular complexity index is 196. The molecule has 0 aliphatic carbocycles. The number of hydrogen-bond donors (Lipinski definition) is 2. The average Bonchev–Trinajstić information content (AvgIpc) is 2.27. The van der Waals surface area contributed by atoms with Crippen LogP contribution in [0.25, 0.3) is 0 Å². The minimum atomic E-state index is 0.00926. The zero-order valence-corrected chi connectivity index (χ0v) is 9.12. The minimum absolute atomic E-state index is 0.00926. The summed E-state index contributed by atoms with van der Waals surface area (Å²) in [6, 6.07) is 0.239. The summed E-state index contributed by atoms with van der Waals surface area (Å²) in [4.78, 5) is 13.4. The van der Waals surface area contributed by atoms with E-state index in [1.165, 1.54) is 6.42 Å². The number of rotatable bonds is 2. The van der Waals surface area contributed by atoms with Gasteiger partial charge in [0.25, 0.3) is 0 Å². The lowest BCUT2D eigenvalue weighted by molar-refractivity contribution is 0.130. The number of nitrogens with two attached hydrogens (primary N) is 1. The fourth-order valence-electron chi connectivity index (χ4n) is 2.14. The quantitative estimate of drug-likeness (QED) is 0.690. The third kappa shape index (κ3) is 2.38. The molecule has 4 nitrogen and oxygen atoms in total. The van der Waals surface area contributed by atoms with Crippen molar-refractivity contribution in [2.24, 2.45) is 11.7 Å². The molecule has 82 valence electrons. The van der Waals surface area contributed by atoms with Gasteiger partial charge in [0.2, 0.25) is 0 Å². The van der Waals surface area contributed by atoms with E-state index in [0.717, 1.165) is 25.3 Å². The van der Waals surface area contributed by atoms with E-state index in [1.54, 1.807) is 7.05 Å². The van der Waals surface area contributed by atoms with Gasteiger partial charge in [0.15, 0.2) is 0 Å². The van der Waals surface area contributed by atoms with Crippen molar-refractivity contribution in [3.05, 3.63) is 0 Å². The van der Waals surface area contributed by atoms with Gasteiger partial charge >= 0.3 is 6.03 Å². The van der Waals surface area contributed by atoms with Crippen LogP contribution in [0.5, 0.6) is 0 Å². The summed E-state index contributed by atoms with van der Waals surface area (Å²) >= 11 is 0. The molecule has 1 rings (SSSR count). The van der Waals surface area contributed by atoms with Crippen molar-refractivity contribution in [1.82, 2.24) is 10.2 Å². The number of nitrogens with zero attached hydrogens (tertiary/aromatic N) is 1. The molecule has 14 heavy (non-hydrogen) atoms. The van der Waals surface area contributed by atoms with E-state index in [-0.39, 0.29) is 12.1 Å². The molecule has 1 aliphatic heterocycles. The summed E-state index contributed by atoms with van der Waals surface area (Å²) in [7, 11) is 1.67. The standard InChI is InChI=1S/C10H21N3O/c1-3-8-4-5-13(10(14)12-2)9(6-8)7-11/h8-9H,3-7,11H2,1-2H3,(H,12,14). The second-order valence-electron chi connectivity index (χ2n) is 3.94. The molecule has 1 heterocycles. The lowest BCUT2D eigenvalue weighted by Gasteiger charge is -2.38. The Hall–Kier alpha value is -0.770. The van der Waals surface area contributed by atoms with Crippen LogP contribution in [-0.2, 0) is 0 Å². The van der Waals surface area contributed by atoms with Crippen molar-refractivity contribution >= 4 is 6.03 Å². The summed E-state index contributed by atoms with van der Waals surface area (Å²) in [5, 5.41) is 2.66. The molecule has 0 spiro atoms. The number of amides is 2. The van der Waals surface area contributed by atoms with Crippen molar-refractivity contribution in [3.63, 3.8) is 0 Å². The Morgan fingerprint density at radius 3 is 2.86 bits per heavy atom. The highest BCUT2D eigenvalue weighted by Gasteiger charge is 2.29. The molecule has 0 bridgehead atoms. The summed E-state index contributed by atoms with van der Waals surface area (Å²) < 4.78 is 0. The van der Waals surface area contributed by atoms with Gasteiger partial charge in [0.1, 0.15) is 0 Å². The summed E-state index contributed by atoms with van der Waals surface area (Å²) in [5.74, 6) is 0.740. The fraction of sp³-hybridized carbons (Fsp3) is 0.900. The molecule has 2 atom stereocenters. The minimum Gasteiger partial charge on any atom is -0.341 e. The van der Waals surface area contributed by atoms with Crippen molar-refractivity contribution in [2.45, 2.75) is 32.2 Å². The zero-order chi connectivity index (χ0) is 10.6. The molecule has 0 radical (unpaired) electrons. The van der Waals surface area contributed by atoms with Crippen LogP contribution in [0.1, 0.15) is 26.2 Å². The van der Waals surface area contributed by atoms with Crippen molar-refractivity contribution in [3.8, 4) is 0 Å². The maximum absolute atomic E-state index is 11.5. The Morgan fingerprint density at radius 1 is 1.64 bits per heavy atom. The van der Waals surface area contributed by atoms with E-state index in [0.29, 0.717) is 6.54 Å². The van der Waals surface area contributed by atoms with Crippen LogP contribution in [0, 0.1) is 5.92 Å². The van der Waals surface area contributed by atoms with Crippen molar-refractivity contribution < 1.29 is 4.79 Å². The van der Waals surface area contributed by atoms with Gasteiger partial charge in [-0.2, -0.15) is 0 Å². The van der Waals surface area contributed by atoms with Crippen LogP contribution in [0.15, 0.2) is 0 Å². The van der Waals surface area contributed by atoms with Gasteiger partial charge in [-0.1, -0.05) is 13.3 Å². The predicted octanol–water partition coefficient (Wildman–Crippen LogP) is 0.775. The number of nitrogens with one attached hydrogen (secondary N) is 1. The summed E-state index contributed by atoms with van der Waals surface area (Å²) in [6.45, 7) is 3.62. The molecule has 2 unspecified atom stereocenters. The van der Waals surface area contributed by atoms with Crippen molar-refractivity contribution in [1.29, 1.82) is 0 Å². The Morgan fingerprint density at radius 2 is 2.36 bits per heavy atom. The number of piperidine rings is 1. The predicted molar refractivity (Wildman–Crippen MR) is 57.0 cm³/mol. The highest BCUT2D eigenvalue weighted by molar-refractivity contribution is 5.74. The largest absolute Gasteiger partial charge is 0.341 e. The number of carbonyl (C=O) groups excluding carboxylic acids is 1. The van der Waals surface area contributed by atoms with E-state index >= 15 is 0 Å². The van der Waals surface area contributed by atoms with Crippen LogP contribution >= 0.6 is 0 Å². The first-order chi connectivity index (χ1) is 6.72. The molecule has 4 heteroatoms. The number of urea groups is 1. The van der Waals surface area contributed by atoms with Gasteiger partial charge < -0.3 is 16.0 Å². The first kappa shape index (κ1) is 11.3. The maximum Gasteiger partial charge on any atom is 0.317 e. The maximum atomic E-state index is 11.5. The summed E-state index contributed by atoms with van der Waals surface area (Å²) in [5.41, 5.74) is 5.68. The monoisotopic (exact) mass is 199 g/mol. The molecule has 0 aromatic heterocycles. The number of carbonyl (C=O) groups is 1. The van der Waals surface area contributed by atoms with Gasteiger partial charge in [0, 0.05) is 26.2 Å². The SMILES string of the molecule is CCC1CCN(C(=O)NC)C(CN)C1. The molecule has 0 saturated carbocycles. The van der Waals surface area contributed by atoms with E-state index in [9.17, 15) is 4.79 Å².